The lowest BCUT2D eigenvalue weighted by atomic mass is 9.87. The van der Waals surface area contributed by atoms with Gasteiger partial charge in [-0.05, 0) is 17.7 Å². The number of carbonyl (C=O) groups excluding carboxylic acids is 1. The summed E-state index contributed by atoms with van der Waals surface area (Å²) >= 11 is 6.14. The van der Waals surface area contributed by atoms with Crippen molar-refractivity contribution < 1.29 is 14.6 Å². The Kier molecular flexibility index (Phi) is 4.87. The number of hydrogen-bond donors (Lipinski definition) is 1. The van der Waals surface area contributed by atoms with Gasteiger partial charge in [0.15, 0.2) is 5.78 Å². The average molecular weight is 419 g/mol. The number of ketones is 1. The maximum Gasteiger partial charge on any atom is 0.194 e. The first-order valence-corrected chi connectivity index (χ1v) is 10.1. The van der Waals surface area contributed by atoms with E-state index in [0.29, 0.717) is 22.8 Å². The molecular weight excluding hydrogens is 400 g/mol. The molecule has 4 aromatic rings. The van der Waals surface area contributed by atoms with Crippen LogP contribution in [0.15, 0.2) is 66.7 Å². The van der Waals surface area contributed by atoms with Gasteiger partial charge in [-0.15, -0.1) is 0 Å². The van der Waals surface area contributed by atoms with Crippen LogP contribution in [-0.4, -0.2) is 33.4 Å². The molecule has 1 aromatic heterocycles. The van der Waals surface area contributed by atoms with Crippen LogP contribution in [-0.2, 0) is 17.9 Å². The van der Waals surface area contributed by atoms with Gasteiger partial charge in [0, 0.05) is 27.1 Å². The molecule has 0 spiro atoms. The molecule has 0 unspecified atom stereocenters. The summed E-state index contributed by atoms with van der Waals surface area (Å²) in [6, 6.07) is 20.6. The number of halogens is 1. The second-order valence-electron chi connectivity index (χ2n) is 7.37. The minimum absolute atomic E-state index is 0.00636. The fourth-order valence-corrected chi connectivity index (χ4v) is 4.14. The van der Waals surface area contributed by atoms with Crippen molar-refractivity contribution in [1.29, 1.82) is 0 Å². The van der Waals surface area contributed by atoms with E-state index in [0.717, 1.165) is 27.7 Å². The Hall–Kier alpha value is -2.99. The number of benzene rings is 3. The number of carbonyl (C=O) groups is 1. The summed E-state index contributed by atoms with van der Waals surface area (Å²) in [5.74, 6) is 0.00636. The predicted octanol–water partition coefficient (Wildman–Crippen LogP) is 4.48. The van der Waals surface area contributed by atoms with Crippen molar-refractivity contribution in [3.63, 3.8) is 0 Å². The largest absolute Gasteiger partial charge is 0.389 e. The van der Waals surface area contributed by atoms with Crippen LogP contribution in [0.5, 0.6) is 0 Å². The summed E-state index contributed by atoms with van der Waals surface area (Å²) in [5.41, 5.74) is 4.62. The first-order valence-electron chi connectivity index (χ1n) is 9.76. The third-order valence-electron chi connectivity index (χ3n) is 5.36. The molecule has 6 heteroatoms. The van der Waals surface area contributed by atoms with Crippen molar-refractivity contribution >= 4 is 28.3 Å². The number of nitrogens with zero attached hydrogens (tertiary/aromatic N) is 2. The van der Waals surface area contributed by atoms with Crippen LogP contribution in [0.25, 0.3) is 22.2 Å². The van der Waals surface area contributed by atoms with Crippen LogP contribution < -0.4 is 0 Å². The van der Waals surface area contributed by atoms with Crippen LogP contribution in [0.1, 0.15) is 21.5 Å². The Morgan fingerprint density at radius 1 is 0.967 bits per heavy atom. The summed E-state index contributed by atoms with van der Waals surface area (Å²) in [6.45, 7) is 0.740. The predicted molar refractivity (Wildman–Crippen MR) is 116 cm³/mol. The van der Waals surface area contributed by atoms with Crippen molar-refractivity contribution in [2.75, 3.05) is 6.61 Å². The molecule has 1 atom stereocenters. The molecule has 30 heavy (non-hydrogen) atoms. The van der Waals surface area contributed by atoms with Crippen molar-refractivity contribution in [3.8, 4) is 11.3 Å². The van der Waals surface area contributed by atoms with Gasteiger partial charge in [-0.2, -0.15) is 5.10 Å². The highest BCUT2D eigenvalue weighted by Gasteiger charge is 2.28. The lowest BCUT2D eigenvalue weighted by molar-refractivity contribution is 0.0194. The minimum atomic E-state index is -0.751. The smallest absolute Gasteiger partial charge is 0.194 e. The van der Waals surface area contributed by atoms with Crippen LogP contribution in [0.2, 0.25) is 5.02 Å². The summed E-state index contributed by atoms with van der Waals surface area (Å²) < 4.78 is 7.42. The van der Waals surface area contributed by atoms with Gasteiger partial charge in [0.05, 0.1) is 31.4 Å². The lowest BCUT2D eigenvalue weighted by Gasteiger charge is -2.14. The van der Waals surface area contributed by atoms with E-state index in [1.807, 2.05) is 66.7 Å². The molecular formula is C24H19ClN2O3. The van der Waals surface area contributed by atoms with E-state index in [9.17, 15) is 9.90 Å². The van der Waals surface area contributed by atoms with Gasteiger partial charge < -0.3 is 9.84 Å². The molecule has 0 aliphatic heterocycles. The molecule has 0 radical (unpaired) electrons. The van der Waals surface area contributed by atoms with Gasteiger partial charge in [-0.25, -0.2) is 0 Å². The number of aromatic nitrogens is 2. The van der Waals surface area contributed by atoms with E-state index in [1.165, 1.54) is 0 Å². The third kappa shape index (κ3) is 3.21. The molecule has 5 rings (SSSR count). The van der Waals surface area contributed by atoms with Crippen LogP contribution in [0, 0.1) is 0 Å². The molecule has 1 aliphatic rings. The van der Waals surface area contributed by atoms with Gasteiger partial charge >= 0.3 is 0 Å². The second-order valence-corrected chi connectivity index (χ2v) is 7.77. The highest BCUT2D eigenvalue weighted by Crippen LogP contribution is 2.38. The number of fused-ring (bicyclic) bond motifs is 2. The molecule has 0 amide bonds. The summed E-state index contributed by atoms with van der Waals surface area (Å²) in [6.07, 6.45) is -0.751. The molecule has 1 heterocycles. The Labute approximate surface area is 178 Å². The highest BCUT2D eigenvalue weighted by atomic mass is 35.5. The zero-order valence-corrected chi connectivity index (χ0v) is 16.8. The highest BCUT2D eigenvalue weighted by molar-refractivity contribution is 6.31. The number of hydrogen-bond acceptors (Lipinski definition) is 4. The summed E-state index contributed by atoms with van der Waals surface area (Å²) in [5, 5.41) is 16.8. The second kappa shape index (κ2) is 7.69. The molecule has 0 saturated heterocycles. The van der Waals surface area contributed by atoms with E-state index in [4.69, 9.17) is 21.4 Å². The number of rotatable bonds is 6. The molecule has 0 fully saturated rings. The monoisotopic (exact) mass is 418 g/mol. The van der Waals surface area contributed by atoms with Gasteiger partial charge in [0.1, 0.15) is 5.69 Å². The van der Waals surface area contributed by atoms with Gasteiger partial charge in [0.2, 0.25) is 0 Å². The molecule has 5 nitrogen and oxygen atoms in total. The fourth-order valence-electron chi connectivity index (χ4n) is 3.95. The quantitative estimate of drug-likeness (QED) is 0.441. The van der Waals surface area contributed by atoms with Crippen molar-refractivity contribution in [3.05, 3.63) is 88.4 Å². The van der Waals surface area contributed by atoms with E-state index < -0.39 is 6.10 Å². The Balaban J connectivity index is 1.39. The number of aliphatic hydroxyl groups excluding tert-OH is 1. The van der Waals surface area contributed by atoms with Crippen LogP contribution in [0.3, 0.4) is 0 Å². The first-order chi connectivity index (χ1) is 14.6. The van der Waals surface area contributed by atoms with Crippen LogP contribution >= 0.6 is 11.6 Å². The standard InChI is InChI=1S/C24H19ClN2O3/c25-20-10-4-1-6-15(20)13-30-14-16(28)12-27-21-11-5-9-19-22(21)23(26-27)17-7-2-3-8-18(17)24(19)29/h1-11,16,28H,12-14H2/t16-/m0/s1. The third-order valence-corrected chi connectivity index (χ3v) is 5.73. The Bertz CT molecular complexity index is 1260. The van der Waals surface area contributed by atoms with E-state index in [1.54, 1.807) is 4.68 Å². The average Bonchev–Trinajstić information content (AvgIpc) is 3.12. The molecule has 1 N–H and O–H groups in total. The summed E-state index contributed by atoms with van der Waals surface area (Å²) in [7, 11) is 0. The summed E-state index contributed by atoms with van der Waals surface area (Å²) in [4.78, 5) is 12.9. The first kappa shape index (κ1) is 19.0. The SMILES string of the molecule is O=C1c2ccccc2-c2nn(C[C@H](O)COCc3ccccc3Cl)c3cccc1c23. The van der Waals surface area contributed by atoms with Gasteiger partial charge in [-0.3, -0.25) is 9.48 Å². The molecule has 0 bridgehead atoms. The lowest BCUT2D eigenvalue weighted by Crippen LogP contribution is -2.22. The number of ether oxygens (including phenoxy) is 1. The normalized spacial score (nSPS) is 13.5. The van der Waals surface area contributed by atoms with Crippen molar-refractivity contribution in [2.45, 2.75) is 19.3 Å². The Morgan fingerprint density at radius 2 is 1.70 bits per heavy atom. The number of aliphatic hydroxyl groups is 1. The zero-order chi connectivity index (χ0) is 20.7. The van der Waals surface area contributed by atoms with Crippen LogP contribution in [0.4, 0.5) is 0 Å². The van der Waals surface area contributed by atoms with E-state index in [2.05, 4.69) is 0 Å². The topological polar surface area (TPSA) is 64.4 Å². The molecule has 0 saturated carbocycles. The molecule has 1 aliphatic carbocycles. The zero-order valence-electron chi connectivity index (χ0n) is 16.1. The van der Waals surface area contributed by atoms with Gasteiger partial charge in [-0.1, -0.05) is 66.2 Å². The van der Waals surface area contributed by atoms with Crippen molar-refractivity contribution in [2.24, 2.45) is 0 Å². The molecule has 150 valence electrons. The maximum atomic E-state index is 12.9. The maximum absolute atomic E-state index is 12.9. The fraction of sp³-hybridized carbons (Fsp3) is 0.167. The van der Waals surface area contributed by atoms with Gasteiger partial charge in [0.25, 0.3) is 0 Å². The minimum Gasteiger partial charge on any atom is -0.389 e. The Morgan fingerprint density at radius 3 is 2.53 bits per heavy atom. The molecule has 3 aromatic carbocycles. The van der Waals surface area contributed by atoms with E-state index in [-0.39, 0.29) is 18.9 Å². The van der Waals surface area contributed by atoms with Crippen molar-refractivity contribution in [1.82, 2.24) is 9.78 Å². The van der Waals surface area contributed by atoms with E-state index >= 15 is 0 Å².